The molecular formula is C26H22. The Morgan fingerprint density at radius 1 is 0.731 bits per heavy atom. The van der Waals surface area contributed by atoms with Crippen LogP contribution in [0.3, 0.4) is 0 Å². The summed E-state index contributed by atoms with van der Waals surface area (Å²) in [5, 5.41) is 0. The third kappa shape index (κ3) is 2.02. The minimum atomic E-state index is -0.195. The van der Waals surface area contributed by atoms with Gasteiger partial charge in [-0.2, -0.15) is 0 Å². The second-order valence-electron chi connectivity index (χ2n) is 7.41. The SMILES string of the molecule is CC1=CCC2C(=C1)C(c1ccccc1)(c1ccccc1)c1ccccc12. The van der Waals surface area contributed by atoms with E-state index in [0.717, 1.165) is 6.42 Å². The van der Waals surface area contributed by atoms with Gasteiger partial charge in [0.05, 0.1) is 5.41 Å². The lowest BCUT2D eigenvalue weighted by atomic mass is 9.66. The summed E-state index contributed by atoms with van der Waals surface area (Å²) in [6, 6.07) is 31.1. The molecule has 2 aliphatic carbocycles. The van der Waals surface area contributed by atoms with Crippen LogP contribution in [0.5, 0.6) is 0 Å². The number of hydrogen-bond acceptors (Lipinski definition) is 0. The van der Waals surface area contributed by atoms with E-state index in [2.05, 4.69) is 104 Å². The quantitative estimate of drug-likeness (QED) is 0.509. The standard InChI is InChI=1S/C26H22/c1-19-16-17-23-22-14-8-9-15-24(22)26(25(23)18-19,20-10-4-2-5-11-20)21-12-6-3-7-13-21/h2-16,18,23H,17H2,1H3. The van der Waals surface area contributed by atoms with Crippen molar-refractivity contribution in [2.24, 2.45) is 0 Å². The summed E-state index contributed by atoms with van der Waals surface area (Å²) >= 11 is 0. The molecule has 0 heterocycles. The first-order chi connectivity index (χ1) is 12.8. The average Bonchev–Trinajstić information content (AvgIpc) is 3.00. The first kappa shape index (κ1) is 15.4. The summed E-state index contributed by atoms with van der Waals surface area (Å²) in [6.07, 6.45) is 5.92. The molecular weight excluding hydrogens is 312 g/mol. The van der Waals surface area contributed by atoms with Crippen molar-refractivity contribution in [2.45, 2.75) is 24.7 Å². The summed E-state index contributed by atoms with van der Waals surface area (Å²) in [4.78, 5) is 0. The van der Waals surface area contributed by atoms with E-state index < -0.39 is 0 Å². The first-order valence-electron chi connectivity index (χ1n) is 9.41. The summed E-state index contributed by atoms with van der Waals surface area (Å²) in [5.41, 5.74) is 8.35. The molecule has 0 amide bonds. The Labute approximate surface area is 155 Å². The lowest BCUT2D eigenvalue weighted by Gasteiger charge is -2.36. The zero-order valence-electron chi connectivity index (χ0n) is 15.0. The van der Waals surface area contributed by atoms with Crippen molar-refractivity contribution < 1.29 is 0 Å². The number of hydrogen-bond donors (Lipinski definition) is 0. The van der Waals surface area contributed by atoms with Crippen LogP contribution in [0.15, 0.2) is 108 Å². The van der Waals surface area contributed by atoms with E-state index >= 15 is 0 Å². The maximum Gasteiger partial charge on any atom is 0.0673 e. The van der Waals surface area contributed by atoms with Gasteiger partial charge in [-0.05, 0) is 41.2 Å². The number of rotatable bonds is 2. The minimum Gasteiger partial charge on any atom is -0.0807 e. The van der Waals surface area contributed by atoms with Crippen molar-refractivity contribution in [1.82, 2.24) is 0 Å². The van der Waals surface area contributed by atoms with E-state index in [9.17, 15) is 0 Å². The second-order valence-corrected chi connectivity index (χ2v) is 7.41. The normalized spacial score (nSPS) is 20.0. The Hall–Kier alpha value is -2.86. The molecule has 0 saturated carbocycles. The molecule has 0 fully saturated rings. The zero-order chi connectivity index (χ0) is 17.6. The summed E-state index contributed by atoms with van der Waals surface area (Å²) < 4.78 is 0. The molecule has 3 aromatic carbocycles. The third-order valence-electron chi connectivity index (χ3n) is 6.02. The topological polar surface area (TPSA) is 0 Å². The maximum atomic E-state index is 2.44. The van der Waals surface area contributed by atoms with Crippen molar-refractivity contribution in [3.8, 4) is 0 Å². The number of allylic oxidation sites excluding steroid dienone is 4. The highest BCUT2D eigenvalue weighted by molar-refractivity contribution is 5.69. The van der Waals surface area contributed by atoms with Crippen molar-refractivity contribution in [2.75, 3.05) is 0 Å². The van der Waals surface area contributed by atoms with E-state index in [1.807, 2.05) is 0 Å². The zero-order valence-corrected chi connectivity index (χ0v) is 15.0. The van der Waals surface area contributed by atoms with E-state index in [0.29, 0.717) is 5.92 Å². The van der Waals surface area contributed by atoms with E-state index in [-0.39, 0.29) is 5.41 Å². The molecule has 0 nitrogen and oxygen atoms in total. The fourth-order valence-corrected chi connectivity index (χ4v) is 4.98. The Balaban J connectivity index is 1.93. The van der Waals surface area contributed by atoms with Crippen LogP contribution in [0, 0.1) is 0 Å². The van der Waals surface area contributed by atoms with Gasteiger partial charge in [0, 0.05) is 5.92 Å². The fourth-order valence-electron chi connectivity index (χ4n) is 4.98. The lowest BCUT2D eigenvalue weighted by Crippen LogP contribution is -2.29. The van der Waals surface area contributed by atoms with Gasteiger partial charge in [-0.3, -0.25) is 0 Å². The van der Waals surface area contributed by atoms with Crippen molar-refractivity contribution in [3.05, 3.63) is 130 Å². The van der Waals surface area contributed by atoms with Gasteiger partial charge in [-0.1, -0.05) is 103 Å². The molecule has 2 aliphatic rings. The van der Waals surface area contributed by atoms with E-state index in [1.165, 1.54) is 33.4 Å². The minimum absolute atomic E-state index is 0.195. The summed E-state index contributed by atoms with van der Waals surface area (Å²) in [7, 11) is 0. The fraction of sp³-hybridized carbons (Fsp3) is 0.154. The Kier molecular flexibility index (Phi) is 3.46. The van der Waals surface area contributed by atoms with Gasteiger partial charge >= 0.3 is 0 Å². The predicted octanol–water partition coefficient (Wildman–Crippen LogP) is 6.39. The third-order valence-corrected chi connectivity index (χ3v) is 6.02. The van der Waals surface area contributed by atoms with Crippen molar-refractivity contribution in [1.29, 1.82) is 0 Å². The van der Waals surface area contributed by atoms with Crippen LogP contribution in [0.2, 0.25) is 0 Å². The number of benzene rings is 3. The van der Waals surface area contributed by atoms with Crippen LogP contribution in [-0.2, 0) is 5.41 Å². The van der Waals surface area contributed by atoms with Crippen LogP contribution in [0.4, 0.5) is 0 Å². The summed E-state index contributed by atoms with van der Waals surface area (Å²) in [5.74, 6) is 0.468. The molecule has 0 spiro atoms. The van der Waals surface area contributed by atoms with Gasteiger partial charge in [0.2, 0.25) is 0 Å². The molecule has 0 saturated heterocycles. The molecule has 1 unspecified atom stereocenters. The maximum absolute atomic E-state index is 2.44. The first-order valence-corrected chi connectivity index (χ1v) is 9.41. The summed E-state index contributed by atoms with van der Waals surface area (Å²) in [6.45, 7) is 2.23. The van der Waals surface area contributed by atoms with Crippen LogP contribution in [-0.4, -0.2) is 0 Å². The van der Waals surface area contributed by atoms with Gasteiger partial charge < -0.3 is 0 Å². The Morgan fingerprint density at radius 2 is 1.31 bits per heavy atom. The highest BCUT2D eigenvalue weighted by atomic mass is 14.5. The highest BCUT2D eigenvalue weighted by Gasteiger charge is 2.50. The lowest BCUT2D eigenvalue weighted by molar-refractivity contribution is 0.689. The monoisotopic (exact) mass is 334 g/mol. The molecule has 0 heteroatoms. The Bertz CT molecular complexity index is 967. The molecule has 0 aromatic heterocycles. The van der Waals surface area contributed by atoms with Gasteiger partial charge in [0.15, 0.2) is 0 Å². The molecule has 0 N–H and O–H groups in total. The second kappa shape index (κ2) is 5.85. The van der Waals surface area contributed by atoms with Crippen molar-refractivity contribution in [3.63, 3.8) is 0 Å². The molecule has 126 valence electrons. The largest absolute Gasteiger partial charge is 0.0807 e. The molecule has 3 aromatic rings. The predicted molar refractivity (Wildman–Crippen MR) is 108 cm³/mol. The molecule has 26 heavy (non-hydrogen) atoms. The molecule has 0 bridgehead atoms. The average molecular weight is 334 g/mol. The van der Waals surface area contributed by atoms with E-state index in [4.69, 9.17) is 0 Å². The van der Waals surface area contributed by atoms with Crippen molar-refractivity contribution >= 4 is 0 Å². The van der Waals surface area contributed by atoms with Gasteiger partial charge in [-0.25, -0.2) is 0 Å². The molecule has 0 aliphatic heterocycles. The van der Waals surface area contributed by atoms with Gasteiger partial charge in [0.25, 0.3) is 0 Å². The molecule has 1 atom stereocenters. The van der Waals surface area contributed by atoms with Crippen LogP contribution in [0.25, 0.3) is 0 Å². The van der Waals surface area contributed by atoms with Crippen LogP contribution in [0.1, 0.15) is 41.5 Å². The van der Waals surface area contributed by atoms with Crippen LogP contribution >= 0.6 is 0 Å². The Morgan fingerprint density at radius 3 is 1.96 bits per heavy atom. The molecule has 0 radical (unpaired) electrons. The van der Waals surface area contributed by atoms with Gasteiger partial charge in [-0.15, -0.1) is 0 Å². The smallest absolute Gasteiger partial charge is 0.0673 e. The number of fused-ring (bicyclic) bond motifs is 3. The molecule has 5 rings (SSSR count). The highest BCUT2D eigenvalue weighted by Crippen LogP contribution is 2.59. The van der Waals surface area contributed by atoms with E-state index in [1.54, 1.807) is 0 Å². The van der Waals surface area contributed by atoms with Crippen LogP contribution < -0.4 is 0 Å². The van der Waals surface area contributed by atoms with Gasteiger partial charge in [0.1, 0.15) is 0 Å².